The van der Waals surface area contributed by atoms with Gasteiger partial charge in [0, 0.05) is 12.6 Å². The molecule has 0 aliphatic rings. The molecule has 0 unspecified atom stereocenters. The fraction of sp³-hybridized carbons (Fsp3) is 0.143. The first-order chi connectivity index (χ1) is 9.18. The highest BCUT2D eigenvalue weighted by Gasteiger charge is 2.11. The predicted octanol–water partition coefficient (Wildman–Crippen LogP) is 3.39. The first-order valence-electron chi connectivity index (χ1n) is 5.89. The number of hydrogen-bond donors (Lipinski definition) is 1. The van der Waals surface area contributed by atoms with E-state index in [1.54, 1.807) is 36.4 Å². The van der Waals surface area contributed by atoms with E-state index in [-0.39, 0.29) is 11.5 Å². The summed E-state index contributed by atoms with van der Waals surface area (Å²) in [5.41, 5.74) is 1.06. The van der Waals surface area contributed by atoms with Gasteiger partial charge in [-0.2, -0.15) is 0 Å². The Bertz CT molecular complexity index is 587. The van der Waals surface area contributed by atoms with Crippen LogP contribution in [0.1, 0.15) is 5.56 Å². The minimum atomic E-state index is -0.439. The number of para-hydroxylation sites is 2. The van der Waals surface area contributed by atoms with E-state index in [0.717, 1.165) is 0 Å². The van der Waals surface area contributed by atoms with E-state index in [0.29, 0.717) is 24.2 Å². The lowest BCUT2D eigenvalue weighted by molar-refractivity contribution is -0.384. The van der Waals surface area contributed by atoms with Crippen LogP contribution >= 0.6 is 0 Å². The summed E-state index contributed by atoms with van der Waals surface area (Å²) in [6.07, 6.45) is 0.471. The Hall–Kier alpha value is -2.43. The lowest BCUT2D eigenvalue weighted by Crippen LogP contribution is -2.07. The van der Waals surface area contributed by atoms with Crippen LogP contribution in [0.3, 0.4) is 0 Å². The molecular weight excluding hydrogens is 247 g/mol. The van der Waals surface area contributed by atoms with E-state index in [1.165, 1.54) is 12.1 Å². The molecule has 4 nitrogen and oxygen atoms in total. The molecule has 0 saturated heterocycles. The standard InChI is InChI=1S/C14H13FN2O2/c15-12-6-2-1-5-11(12)9-10-16-13-7-3-4-8-14(13)17(18)19/h1-8,16H,9-10H2. The molecule has 1 N–H and O–H groups in total. The molecule has 0 saturated carbocycles. The Balaban J connectivity index is 2.00. The highest BCUT2D eigenvalue weighted by Crippen LogP contribution is 2.23. The quantitative estimate of drug-likeness (QED) is 0.662. The monoisotopic (exact) mass is 260 g/mol. The van der Waals surface area contributed by atoms with Crippen LogP contribution in [-0.2, 0) is 6.42 Å². The molecule has 0 atom stereocenters. The van der Waals surface area contributed by atoms with Gasteiger partial charge in [0.25, 0.3) is 5.69 Å². The number of hydrogen-bond acceptors (Lipinski definition) is 3. The maximum atomic E-state index is 13.4. The van der Waals surface area contributed by atoms with Crippen LogP contribution in [0.15, 0.2) is 48.5 Å². The predicted molar refractivity (Wildman–Crippen MR) is 71.7 cm³/mol. The van der Waals surface area contributed by atoms with Crippen molar-refractivity contribution in [1.82, 2.24) is 0 Å². The number of nitro groups is 1. The van der Waals surface area contributed by atoms with E-state index in [2.05, 4.69) is 5.32 Å². The normalized spacial score (nSPS) is 10.2. The van der Waals surface area contributed by atoms with E-state index in [4.69, 9.17) is 0 Å². The first-order valence-corrected chi connectivity index (χ1v) is 5.89. The molecule has 0 bridgehead atoms. The van der Waals surface area contributed by atoms with Crippen LogP contribution < -0.4 is 5.32 Å². The van der Waals surface area contributed by atoms with Crippen LogP contribution in [0.25, 0.3) is 0 Å². The maximum Gasteiger partial charge on any atom is 0.292 e. The first kappa shape index (κ1) is 13.0. The Morgan fingerprint density at radius 3 is 2.53 bits per heavy atom. The zero-order valence-corrected chi connectivity index (χ0v) is 10.2. The summed E-state index contributed by atoms with van der Waals surface area (Å²) < 4.78 is 13.4. The summed E-state index contributed by atoms with van der Waals surface area (Å²) >= 11 is 0. The summed E-state index contributed by atoms with van der Waals surface area (Å²) in [4.78, 5) is 10.4. The van der Waals surface area contributed by atoms with Crippen molar-refractivity contribution in [3.8, 4) is 0 Å². The van der Waals surface area contributed by atoms with Gasteiger partial charge in [-0.3, -0.25) is 10.1 Å². The molecule has 0 aromatic heterocycles. The second-order valence-electron chi connectivity index (χ2n) is 4.04. The summed E-state index contributed by atoms with van der Waals surface area (Å²) in [6, 6.07) is 12.9. The third kappa shape index (κ3) is 3.28. The fourth-order valence-corrected chi connectivity index (χ4v) is 1.82. The summed E-state index contributed by atoms with van der Waals surface area (Å²) in [5.74, 6) is -0.258. The van der Waals surface area contributed by atoms with Crippen molar-refractivity contribution in [2.75, 3.05) is 11.9 Å². The smallest absolute Gasteiger partial charge is 0.292 e. The van der Waals surface area contributed by atoms with E-state index >= 15 is 0 Å². The number of nitrogens with zero attached hydrogens (tertiary/aromatic N) is 1. The molecule has 2 rings (SSSR count). The fourth-order valence-electron chi connectivity index (χ4n) is 1.82. The SMILES string of the molecule is O=[N+]([O-])c1ccccc1NCCc1ccccc1F. The summed E-state index contributed by atoms with van der Waals surface area (Å²) in [6.45, 7) is 0.436. The number of rotatable bonds is 5. The van der Waals surface area contributed by atoms with Crippen LogP contribution in [0.5, 0.6) is 0 Å². The highest BCUT2D eigenvalue weighted by molar-refractivity contribution is 5.61. The minimum absolute atomic E-state index is 0.0241. The number of nitro benzene ring substituents is 1. The molecule has 0 amide bonds. The van der Waals surface area contributed by atoms with Crippen molar-refractivity contribution in [2.24, 2.45) is 0 Å². The van der Waals surface area contributed by atoms with Crippen LogP contribution in [0, 0.1) is 15.9 Å². The lowest BCUT2D eigenvalue weighted by atomic mass is 10.1. The summed E-state index contributed by atoms with van der Waals surface area (Å²) in [5, 5.41) is 13.8. The van der Waals surface area contributed by atoms with Gasteiger partial charge in [-0.05, 0) is 24.1 Å². The second-order valence-corrected chi connectivity index (χ2v) is 4.04. The van der Waals surface area contributed by atoms with E-state index in [9.17, 15) is 14.5 Å². The van der Waals surface area contributed by atoms with E-state index in [1.807, 2.05) is 0 Å². The molecule has 0 aliphatic carbocycles. The maximum absolute atomic E-state index is 13.4. The Labute approximate surface area is 110 Å². The third-order valence-electron chi connectivity index (χ3n) is 2.77. The topological polar surface area (TPSA) is 55.2 Å². The van der Waals surface area contributed by atoms with Gasteiger partial charge >= 0.3 is 0 Å². The van der Waals surface area contributed by atoms with Crippen molar-refractivity contribution >= 4 is 11.4 Å². The van der Waals surface area contributed by atoms with Crippen molar-refractivity contribution in [1.29, 1.82) is 0 Å². The molecule has 0 spiro atoms. The van der Waals surface area contributed by atoms with Gasteiger partial charge in [-0.1, -0.05) is 30.3 Å². The van der Waals surface area contributed by atoms with Crippen molar-refractivity contribution in [3.05, 3.63) is 70.0 Å². The highest BCUT2D eigenvalue weighted by atomic mass is 19.1. The molecule has 19 heavy (non-hydrogen) atoms. The average Bonchev–Trinajstić information content (AvgIpc) is 2.41. The lowest BCUT2D eigenvalue weighted by Gasteiger charge is -2.07. The Kier molecular flexibility index (Phi) is 4.07. The second kappa shape index (κ2) is 5.95. The molecule has 0 aliphatic heterocycles. The number of benzene rings is 2. The van der Waals surface area contributed by atoms with Crippen LogP contribution in [-0.4, -0.2) is 11.5 Å². The van der Waals surface area contributed by atoms with E-state index < -0.39 is 4.92 Å². The molecule has 2 aromatic rings. The van der Waals surface area contributed by atoms with Crippen molar-refractivity contribution in [3.63, 3.8) is 0 Å². The van der Waals surface area contributed by atoms with Crippen LogP contribution in [0.4, 0.5) is 15.8 Å². The zero-order chi connectivity index (χ0) is 13.7. The van der Waals surface area contributed by atoms with Gasteiger partial charge in [0.2, 0.25) is 0 Å². The average molecular weight is 260 g/mol. The van der Waals surface area contributed by atoms with Gasteiger partial charge in [-0.15, -0.1) is 0 Å². The van der Waals surface area contributed by atoms with Crippen molar-refractivity contribution in [2.45, 2.75) is 6.42 Å². The number of nitrogens with one attached hydrogen (secondary N) is 1. The number of anilines is 1. The van der Waals surface area contributed by atoms with Gasteiger partial charge < -0.3 is 5.32 Å². The Morgan fingerprint density at radius 1 is 1.11 bits per heavy atom. The molecule has 0 heterocycles. The third-order valence-corrected chi connectivity index (χ3v) is 2.77. The van der Waals surface area contributed by atoms with Gasteiger partial charge in [0.05, 0.1) is 4.92 Å². The zero-order valence-electron chi connectivity index (χ0n) is 10.2. The summed E-state index contributed by atoms with van der Waals surface area (Å²) in [7, 11) is 0. The molecule has 98 valence electrons. The van der Waals surface area contributed by atoms with Gasteiger partial charge in [0.1, 0.15) is 11.5 Å². The molecular formula is C14H13FN2O2. The van der Waals surface area contributed by atoms with Crippen LogP contribution in [0.2, 0.25) is 0 Å². The van der Waals surface area contributed by atoms with Gasteiger partial charge in [0.15, 0.2) is 0 Å². The van der Waals surface area contributed by atoms with Crippen molar-refractivity contribution < 1.29 is 9.31 Å². The molecule has 5 heteroatoms. The molecule has 0 radical (unpaired) electrons. The van der Waals surface area contributed by atoms with Gasteiger partial charge in [-0.25, -0.2) is 4.39 Å². The minimum Gasteiger partial charge on any atom is -0.379 e. The molecule has 2 aromatic carbocycles. The Morgan fingerprint density at radius 2 is 1.79 bits per heavy atom. The largest absolute Gasteiger partial charge is 0.379 e. The molecule has 0 fully saturated rings. The number of halogens is 1.